The Balaban J connectivity index is 1.99. The number of hydrogen-bond donors (Lipinski definition) is 2. The van der Waals surface area contributed by atoms with Gasteiger partial charge in [-0.2, -0.15) is 0 Å². The molecule has 0 saturated heterocycles. The third-order valence-electron chi connectivity index (χ3n) is 4.87. The molecule has 6 heteroatoms. The summed E-state index contributed by atoms with van der Waals surface area (Å²) in [6.07, 6.45) is 2.96. The van der Waals surface area contributed by atoms with Crippen molar-refractivity contribution in [1.82, 2.24) is 19.9 Å². The highest BCUT2D eigenvalue weighted by Gasteiger charge is 2.13. The van der Waals surface area contributed by atoms with E-state index in [1.54, 1.807) is 11.6 Å². The highest BCUT2D eigenvalue weighted by atomic mass is 16.5. The lowest BCUT2D eigenvalue weighted by atomic mass is 10.1. The molecule has 2 aromatic carbocycles. The number of fused-ring (bicyclic) bond motifs is 1. The quantitative estimate of drug-likeness (QED) is 0.357. The van der Waals surface area contributed by atoms with Crippen molar-refractivity contribution in [2.45, 2.75) is 20.4 Å². The summed E-state index contributed by atoms with van der Waals surface area (Å²) in [5, 5.41) is 8.64. The molecule has 3 aromatic rings. The van der Waals surface area contributed by atoms with Crippen LogP contribution >= 0.6 is 0 Å². The van der Waals surface area contributed by atoms with Crippen LogP contribution in [-0.4, -0.2) is 45.2 Å². The Bertz CT molecular complexity index is 974. The Morgan fingerprint density at radius 2 is 1.96 bits per heavy atom. The van der Waals surface area contributed by atoms with Gasteiger partial charge in [-0.3, -0.25) is 10.0 Å². The Morgan fingerprint density at radius 3 is 2.71 bits per heavy atom. The summed E-state index contributed by atoms with van der Waals surface area (Å²) in [6, 6.07) is 16.0. The second kappa shape index (κ2) is 9.30. The first kappa shape index (κ1) is 19.8. The standard InChI is InChI=1S/C22H26N4O2/c1-3-25(4-2)14-15-26-20-11-6-5-10-19(20)23-22(26)18-9-7-8-17(16-18)12-13-21(27)24-28/h5-13,16,28H,3-4,14-15H2,1-2H3,(H,24,27)/b13-12+. The van der Waals surface area contributed by atoms with Gasteiger partial charge in [0.15, 0.2) is 0 Å². The molecule has 6 nitrogen and oxygen atoms in total. The molecule has 0 aliphatic carbocycles. The lowest BCUT2D eigenvalue weighted by molar-refractivity contribution is -0.124. The molecule has 146 valence electrons. The van der Waals surface area contributed by atoms with Crippen molar-refractivity contribution in [3.8, 4) is 11.4 Å². The predicted molar refractivity (Wildman–Crippen MR) is 112 cm³/mol. The van der Waals surface area contributed by atoms with Crippen molar-refractivity contribution in [3.63, 3.8) is 0 Å². The van der Waals surface area contributed by atoms with Crippen LogP contribution in [0.2, 0.25) is 0 Å². The Morgan fingerprint density at radius 1 is 1.18 bits per heavy atom. The van der Waals surface area contributed by atoms with Gasteiger partial charge in [0.2, 0.25) is 0 Å². The van der Waals surface area contributed by atoms with Crippen LogP contribution in [0.1, 0.15) is 19.4 Å². The zero-order chi connectivity index (χ0) is 19.9. The Labute approximate surface area is 165 Å². The first-order valence-electron chi connectivity index (χ1n) is 9.56. The molecule has 1 heterocycles. The number of imidazole rings is 1. The first-order valence-corrected chi connectivity index (χ1v) is 9.56. The minimum atomic E-state index is -0.558. The molecule has 0 bridgehead atoms. The Hall–Kier alpha value is -2.96. The van der Waals surface area contributed by atoms with E-state index in [0.29, 0.717) is 0 Å². The van der Waals surface area contributed by atoms with Gasteiger partial charge in [-0.15, -0.1) is 0 Å². The summed E-state index contributed by atoms with van der Waals surface area (Å²) < 4.78 is 2.26. The summed E-state index contributed by atoms with van der Waals surface area (Å²) in [4.78, 5) is 18.5. The van der Waals surface area contributed by atoms with Gasteiger partial charge in [-0.05, 0) is 42.9 Å². The number of para-hydroxylation sites is 2. The molecular formula is C22H26N4O2. The number of benzene rings is 2. The maximum Gasteiger partial charge on any atom is 0.267 e. The first-order chi connectivity index (χ1) is 13.7. The normalized spacial score (nSPS) is 11.6. The number of nitrogens with one attached hydrogen (secondary N) is 1. The van der Waals surface area contributed by atoms with Gasteiger partial charge < -0.3 is 9.47 Å². The van der Waals surface area contributed by atoms with Crippen molar-refractivity contribution in [1.29, 1.82) is 0 Å². The summed E-state index contributed by atoms with van der Waals surface area (Å²) in [7, 11) is 0. The maximum atomic E-state index is 11.2. The van der Waals surface area contributed by atoms with E-state index in [1.807, 2.05) is 42.5 Å². The predicted octanol–water partition coefficient (Wildman–Crippen LogP) is 3.56. The fourth-order valence-corrected chi connectivity index (χ4v) is 3.29. The maximum absolute atomic E-state index is 11.2. The van der Waals surface area contributed by atoms with E-state index in [9.17, 15) is 4.79 Å². The summed E-state index contributed by atoms with van der Waals surface area (Å²) in [5.74, 6) is 0.354. The van der Waals surface area contributed by atoms with Gasteiger partial charge in [0.05, 0.1) is 11.0 Å². The van der Waals surface area contributed by atoms with Crippen molar-refractivity contribution in [3.05, 3.63) is 60.2 Å². The van der Waals surface area contributed by atoms with Crippen LogP contribution in [0.4, 0.5) is 0 Å². The number of carbonyl (C=O) groups excluding carboxylic acids is 1. The van der Waals surface area contributed by atoms with E-state index in [-0.39, 0.29) is 0 Å². The largest absolute Gasteiger partial charge is 0.323 e. The molecule has 2 N–H and O–H groups in total. The molecule has 0 unspecified atom stereocenters. The van der Waals surface area contributed by atoms with Gasteiger partial charge in [0, 0.05) is 24.7 Å². The van der Waals surface area contributed by atoms with Crippen molar-refractivity contribution >= 4 is 23.0 Å². The SMILES string of the molecule is CCN(CC)CCn1c(-c2cccc(/C=C/C(=O)NO)c2)nc2ccccc21. The highest BCUT2D eigenvalue weighted by Crippen LogP contribution is 2.26. The third kappa shape index (κ3) is 4.47. The number of rotatable bonds is 8. The number of nitrogens with zero attached hydrogens (tertiary/aromatic N) is 3. The van der Waals surface area contributed by atoms with E-state index in [1.165, 1.54) is 6.08 Å². The molecule has 1 amide bonds. The second-order valence-electron chi connectivity index (χ2n) is 6.54. The van der Waals surface area contributed by atoms with Crippen LogP contribution in [0.15, 0.2) is 54.6 Å². The molecule has 0 radical (unpaired) electrons. The molecule has 0 aliphatic heterocycles. The van der Waals surface area contributed by atoms with E-state index < -0.39 is 5.91 Å². The van der Waals surface area contributed by atoms with Crippen LogP contribution < -0.4 is 5.48 Å². The van der Waals surface area contributed by atoms with E-state index in [2.05, 4.69) is 29.4 Å². The van der Waals surface area contributed by atoms with Crippen molar-refractivity contribution in [2.75, 3.05) is 19.6 Å². The topological polar surface area (TPSA) is 70.4 Å². The van der Waals surface area contributed by atoms with Crippen molar-refractivity contribution in [2.24, 2.45) is 0 Å². The van der Waals surface area contributed by atoms with Crippen LogP contribution in [0.25, 0.3) is 28.5 Å². The van der Waals surface area contributed by atoms with E-state index >= 15 is 0 Å². The lowest BCUT2D eigenvalue weighted by Gasteiger charge is -2.19. The molecule has 0 saturated carbocycles. The number of carbonyl (C=O) groups is 1. The zero-order valence-electron chi connectivity index (χ0n) is 16.3. The van der Waals surface area contributed by atoms with Gasteiger partial charge in [-0.1, -0.05) is 44.2 Å². The minimum absolute atomic E-state index is 0.558. The van der Waals surface area contributed by atoms with Crippen LogP contribution in [0.3, 0.4) is 0 Å². The van der Waals surface area contributed by atoms with Gasteiger partial charge in [-0.25, -0.2) is 10.5 Å². The zero-order valence-corrected chi connectivity index (χ0v) is 16.3. The molecule has 28 heavy (non-hydrogen) atoms. The lowest BCUT2D eigenvalue weighted by Crippen LogP contribution is -2.27. The molecule has 1 aromatic heterocycles. The van der Waals surface area contributed by atoms with E-state index in [0.717, 1.165) is 54.2 Å². The average Bonchev–Trinajstić information content (AvgIpc) is 3.11. The monoisotopic (exact) mass is 378 g/mol. The molecule has 0 fully saturated rings. The van der Waals surface area contributed by atoms with Crippen LogP contribution in [0.5, 0.6) is 0 Å². The van der Waals surface area contributed by atoms with Crippen molar-refractivity contribution < 1.29 is 10.0 Å². The summed E-state index contributed by atoms with van der Waals surface area (Å²) in [5.41, 5.74) is 5.54. The molecule has 0 spiro atoms. The third-order valence-corrected chi connectivity index (χ3v) is 4.87. The summed E-state index contributed by atoms with van der Waals surface area (Å²) in [6.45, 7) is 8.20. The fraction of sp³-hybridized carbons (Fsp3) is 0.273. The number of amides is 1. The van der Waals surface area contributed by atoms with Gasteiger partial charge in [0.1, 0.15) is 5.82 Å². The molecular weight excluding hydrogens is 352 g/mol. The molecule has 0 aliphatic rings. The average molecular weight is 378 g/mol. The fourth-order valence-electron chi connectivity index (χ4n) is 3.29. The second-order valence-corrected chi connectivity index (χ2v) is 6.54. The summed E-state index contributed by atoms with van der Waals surface area (Å²) >= 11 is 0. The number of hydrogen-bond acceptors (Lipinski definition) is 4. The minimum Gasteiger partial charge on any atom is -0.323 e. The van der Waals surface area contributed by atoms with Gasteiger partial charge >= 0.3 is 0 Å². The molecule has 0 atom stereocenters. The smallest absolute Gasteiger partial charge is 0.267 e. The van der Waals surface area contributed by atoms with Crippen LogP contribution in [0, 0.1) is 0 Å². The Kier molecular flexibility index (Phi) is 6.57. The van der Waals surface area contributed by atoms with E-state index in [4.69, 9.17) is 10.2 Å². The van der Waals surface area contributed by atoms with Crippen LogP contribution in [-0.2, 0) is 11.3 Å². The molecule has 3 rings (SSSR count). The number of aromatic nitrogens is 2. The number of likely N-dealkylation sites (N-methyl/N-ethyl adjacent to an activating group) is 1. The highest BCUT2D eigenvalue weighted by molar-refractivity contribution is 5.91. The van der Waals surface area contributed by atoms with Gasteiger partial charge in [0.25, 0.3) is 5.91 Å². The number of hydroxylamine groups is 1.